The van der Waals surface area contributed by atoms with Crippen LogP contribution in [-0.4, -0.2) is 21.6 Å². The third-order valence-corrected chi connectivity index (χ3v) is 3.81. The molecule has 0 fully saturated rings. The van der Waals surface area contributed by atoms with Crippen LogP contribution in [-0.2, 0) is 0 Å². The van der Waals surface area contributed by atoms with Crippen LogP contribution in [0.2, 0.25) is 0 Å². The number of benzene rings is 1. The van der Waals surface area contributed by atoms with E-state index in [1.54, 1.807) is 19.9 Å². The highest BCUT2D eigenvalue weighted by atomic mass is 32.2. The molecular weight excluding hydrogens is 227 g/mol. The van der Waals surface area contributed by atoms with E-state index >= 15 is 0 Å². The Hall–Kier alpha value is -0.580. The van der Waals surface area contributed by atoms with Crippen LogP contribution in [0.5, 0.6) is 0 Å². The highest BCUT2D eigenvalue weighted by molar-refractivity contribution is 8.00. The first-order valence-electron chi connectivity index (χ1n) is 5.24. The molecule has 16 heavy (non-hydrogen) atoms. The molecule has 0 bridgehead atoms. The van der Waals surface area contributed by atoms with Crippen LogP contribution in [0.1, 0.15) is 32.4 Å². The van der Waals surface area contributed by atoms with Gasteiger partial charge in [-0.05, 0) is 37.6 Å². The Morgan fingerprint density at radius 1 is 1.19 bits per heavy atom. The zero-order chi connectivity index (χ0) is 12.3. The summed E-state index contributed by atoms with van der Waals surface area (Å²) < 4.78 is 13.0. The molecule has 0 aliphatic heterocycles. The fraction of sp³-hybridized carbons (Fsp3) is 0.500. The minimum absolute atomic E-state index is 0.00274. The lowest BCUT2D eigenvalue weighted by molar-refractivity contribution is 0.193. The van der Waals surface area contributed by atoms with Crippen LogP contribution >= 0.6 is 11.8 Å². The summed E-state index contributed by atoms with van der Waals surface area (Å²) in [6.45, 7) is 5.21. The van der Waals surface area contributed by atoms with Gasteiger partial charge in [0.05, 0.1) is 12.2 Å². The Morgan fingerprint density at radius 2 is 1.81 bits per heavy atom. The van der Waals surface area contributed by atoms with Gasteiger partial charge >= 0.3 is 0 Å². The average Bonchev–Trinajstić information content (AvgIpc) is 2.20. The van der Waals surface area contributed by atoms with Gasteiger partial charge in [0.2, 0.25) is 0 Å². The lowest BCUT2D eigenvalue weighted by Crippen LogP contribution is -2.15. The third-order valence-electron chi connectivity index (χ3n) is 2.41. The van der Waals surface area contributed by atoms with Gasteiger partial charge in [-0.25, -0.2) is 4.39 Å². The lowest BCUT2D eigenvalue weighted by atomic mass is 10.1. The first-order valence-corrected chi connectivity index (χ1v) is 6.12. The number of hydrogen-bond donors (Lipinski definition) is 2. The molecule has 0 saturated carbocycles. The maximum Gasteiger partial charge on any atom is 0.123 e. The zero-order valence-corrected chi connectivity index (χ0v) is 10.5. The number of aliphatic hydroxyl groups excluding tert-OH is 2. The molecule has 1 aromatic carbocycles. The number of thioether (sulfide) groups is 1. The van der Waals surface area contributed by atoms with Crippen molar-refractivity contribution in [1.82, 2.24) is 0 Å². The standard InChI is InChI=1S/C12H17FO2S/c1-7(14)9(3)16-12-5-4-10(13)6-11(12)8(2)15/h4-9,14-15H,1-3H3/t7?,8-,9?/m0/s1. The van der Waals surface area contributed by atoms with E-state index in [0.717, 1.165) is 4.90 Å². The molecule has 90 valence electrons. The van der Waals surface area contributed by atoms with Gasteiger partial charge in [-0.2, -0.15) is 0 Å². The van der Waals surface area contributed by atoms with E-state index in [-0.39, 0.29) is 11.1 Å². The largest absolute Gasteiger partial charge is 0.392 e. The van der Waals surface area contributed by atoms with Crippen molar-refractivity contribution < 1.29 is 14.6 Å². The molecule has 0 aromatic heterocycles. The molecule has 0 heterocycles. The molecule has 1 aromatic rings. The predicted molar refractivity (Wildman–Crippen MR) is 64.0 cm³/mol. The van der Waals surface area contributed by atoms with Gasteiger partial charge in [-0.3, -0.25) is 0 Å². The minimum atomic E-state index is -0.709. The van der Waals surface area contributed by atoms with Gasteiger partial charge in [0.15, 0.2) is 0 Å². The van der Waals surface area contributed by atoms with E-state index in [2.05, 4.69) is 0 Å². The van der Waals surface area contributed by atoms with Crippen LogP contribution in [0.4, 0.5) is 4.39 Å². The first-order chi connectivity index (χ1) is 7.41. The van der Waals surface area contributed by atoms with Gasteiger partial charge in [-0.1, -0.05) is 6.92 Å². The molecule has 0 radical (unpaired) electrons. The SMILES string of the molecule is CC(O)C(C)Sc1ccc(F)cc1[C@H](C)O. The normalized spacial score (nSPS) is 16.9. The third kappa shape index (κ3) is 3.47. The fourth-order valence-electron chi connectivity index (χ4n) is 1.25. The molecule has 2 nitrogen and oxygen atoms in total. The molecular formula is C12H17FO2S. The Bertz CT molecular complexity index is 353. The Morgan fingerprint density at radius 3 is 2.31 bits per heavy atom. The number of aliphatic hydroxyl groups is 2. The van der Waals surface area contributed by atoms with Gasteiger partial charge < -0.3 is 10.2 Å². The van der Waals surface area contributed by atoms with Crippen LogP contribution < -0.4 is 0 Å². The lowest BCUT2D eigenvalue weighted by Gasteiger charge is -2.17. The topological polar surface area (TPSA) is 40.5 Å². The first kappa shape index (κ1) is 13.5. The molecule has 1 rings (SSSR count). The molecule has 2 unspecified atom stereocenters. The van der Waals surface area contributed by atoms with E-state index in [4.69, 9.17) is 0 Å². The van der Waals surface area contributed by atoms with Crippen molar-refractivity contribution in [2.24, 2.45) is 0 Å². The summed E-state index contributed by atoms with van der Waals surface area (Å²) in [5.41, 5.74) is 0.567. The molecule has 3 atom stereocenters. The predicted octanol–water partition coefficient (Wildman–Crippen LogP) is 2.74. The summed E-state index contributed by atoms with van der Waals surface area (Å²) in [5, 5.41) is 18.9. The van der Waals surface area contributed by atoms with E-state index in [0.29, 0.717) is 5.56 Å². The van der Waals surface area contributed by atoms with Crippen molar-refractivity contribution in [2.75, 3.05) is 0 Å². The van der Waals surface area contributed by atoms with Crippen molar-refractivity contribution in [3.8, 4) is 0 Å². The Kier molecular flexibility index (Phi) is 4.77. The Balaban J connectivity index is 2.95. The number of halogens is 1. The van der Waals surface area contributed by atoms with Crippen molar-refractivity contribution in [2.45, 2.75) is 43.1 Å². The quantitative estimate of drug-likeness (QED) is 0.800. The minimum Gasteiger partial charge on any atom is -0.392 e. The summed E-state index contributed by atoms with van der Waals surface area (Å²) >= 11 is 1.44. The maximum atomic E-state index is 13.0. The van der Waals surface area contributed by atoms with Crippen molar-refractivity contribution in [3.05, 3.63) is 29.6 Å². The van der Waals surface area contributed by atoms with Crippen molar-refractivity contribution in [3.63, 3.8) is 0 Å². The fourth-order valence-corrected chi connectivity index (χ4v) is 2.36. The maximum absolute atomic E-state index is 13.0. The van der Waals surface area contributed by atoms with Crippen molar-refractivity contribution >= 4 is 11.8 Å². The summed E-state index contributed by atoms with van der Waals surface area (Å²) in [5.74, 6) is -0.357. The molecule has 0 aliphatic carbocycles. The van der Waals surface area contributed by atoms with E-state index in [9.17, 15) is 14.6 Å². The van der Waals surface area contributed by atoms with Crippen LogP contribution in [0.15, 0.2) is 23.1 Å². The summed E-state index contributed by atoms with van der Waals surface area (Å²) in [6, 6.07) is 4.34. The van der Waals surface area contributed by atoms with Crippen LogP contribution in [0.3, 0.4) is 0 Å². The highest BCUT2D eigenvalue weighted by Crippen LogP contribution is 2.32. The molecule has 0 aliphatic rings. The second-order valence-corrected chi connectivity index (χ2v) is 5.34. The summed E-state index contributed by atoms with van der Waals surface area (Å²) in [4.78, 5) is 0.810. The van der Waals surface area contributed by atoms with Crippen LogP contribution in [0, 0.1) is 5.82 Å². The zero-order valence-electron chi connectivity index (χ0n) is 9.64. The second kappa shape index (κ2) is 5.66. The van der Waals surface area contributed by atoms with Gasteiger partial charge in [0.25, 0.3) is 0 Å². The van der Waals surface area contributed by atoms with Crippen molar-refractivity contribution in [1.29, 1.82) is 0 Å². The van der Waals surface area contributed by atoms with Gasteiger partial charge in [-0.15, -0.1) is 11.8 Å². The van der Waals surface area contributed by atoms with Gasteiger partial charge in [0, 0.05) is 10.1 Å². The average molecular weight is 244 g/mol. The molecule has 4 heteroatoms. The summed E-state index contributed by atoms with van der Waals surface area (Å²) in [7, 11) is 0. The van der Waals surface area contributed by atoms with Crippen LogP contribution in [0.25, 0.3) is 0 Å². The number of rotatable bonds is 4. The van der Waals surface area contributed by atoms with E-state index < -0.39 is 12.2 Å². The highest BCUT2D eigenvalue weighted by Gasteiger charge is 2.15. The second-order valence-electron chi connectivity index (χ2n) is 3.92. The number of hydrogen-bond acceptors (Lipinski definition) is 3. The molecule has 0 saturated heterocycles. The Labute approximate surface area is 99.5 Å². The molecule has 0 spiro atoms. The van der Waals surface area contributed by atoms with E-state index in [1.807, 2.05) is 6.92 Å². The van der Waals surface area contributed by atoms with E-state index in [1.165, 1.54) is 23.9 Å². The summed E-state index contributed by atoms with van der Waals surface area (Å²) in [6.07, 6.45) is -1.16. The molecule has 0 amide bonds. The molecule has 2 N–H and O–H groups in total. The van der Waals surface area contributed by atoms with Gasteiger partial charge in [0.1, 0.15) is 5.82 Å². The monoisotopic (exact) mass is 244 g/mol. The smallest absolute Gasteiger partial charge is 0.123 e.